The molecule has 0 spiro atoms. The molecule has 0 heterocycles. The van der Waals surface area contributed by atoms with Gasteiger partial charge in [-0.05, 0) is 45.3 Å². The van der Waals surface area contributed by atoms with Gasteiger partial charge in [0, 0.05) is 11.0 Å². The highest BCUT2D eigenvalue weighted by Crippen LogP contribution is 2.21. The third-order valence-electron chi connectivity index (χ3n) is 2.27. The predicted molar refractivity (Wildman–Crippen MR) is 71.3 cm³/mol. The summed E-state index contributed by atoms with van der Waals surface area (Å²) < 4.78 is 0.749. The van der Waals surface area contributed by atoms with Crippen LogP contribution in [0.5, 0.6) is 5.75 Å². The molecule has 0 atom stereocenters. The maximum Gasteiger partial charge on any atom is 0.255 e. The van der Waals surface area contributed by atoms with Crippen LogP contribution in [0.2, 0.25) is 0 Å². The van der Waals surface area contributed by atoms with E-state index in [0.717, 1.165) is 17.4 Å². The van der Waals surface area contributed by atoms with Crippen LogP contribution in [0.4, 0.5) is 0 Å². The Kier molecular flexibility index (Phi) is 5.44. The van der Waals surface area contributed by atoms with Crippen LogP contribution in [0.15, 0.2) is 22.7 Å². The Bertz CT molecular complexity index is 394. The van der Waals surface area contributed by atoms with Gasteiger partial charge in [0.05, 0.1) is 5.56 Å². The lowest BCUT2D eigenvalue weighted by Gasteiger charge is -2.10. The van der Waals surface area contributed by atoms with Gasteiger partial charge in [-0.15, -0.1) is 0 Å². The number of rotatable bonds is 5. The van der Waals surface area contributed by atoms with Gasteiger partial charge < -0.3 is 15.3 Å². The van der Waals surface area contributed by atoms with Crippen LogP contribution in [-0.2, 0) is 0 Å². The van der Waals surface area contributed by atoms with E-state index >= 15 is 0 Å². The first kappa shape index (κ1) is 14.0. The van der Waals surface area contributed by atoms with Crippen LogP contribution in [0.3, 0.4) is 0 Å². The van der Waals surface area contributed by atoms with Crippen molar-refractivity contribution < 1.29 is 9.90 Å². The molecule has 5 heteroatoms. The van der Waals surface area contributed by atoms with Crippen molar-refractivity contribution in [2.45, 2.75) is 6.42 Å². The van der Waals surface area contributed by atoms with E-state index in [-0.39, 0.29) is 11.7 Å². The molecule has 17 heavy (non-hydrogen) atoms. The lowest BCUT2D eigenvalue weighted by Crippen LogP contribution is -2.27. The van der Waals surface area contributed by atoms with Crippen molar-refractivity contribution in [1.29, 1.82) is 0 Å². The topological polar surface area (TPSA) is 52.6 Å². The van der Waals surface area contributed by atoms with Gasteiger partial charge in [0.15, 0.2) is 0 Å². The summed E-state index contributed by atoms with van der Waals surface area (Å²) in [6, 6.07) is 4.84. The fourth-order valence-electron chi connectivity index (χ4n) is 1.39. The molecule has 0 saturated carbocycles. The average Bonchev–Trinajstić information content (AvgIpc) is 2.23. The summed E-state index contributed by atoms with van der Waals surface area (Å²) in [5, 5.41) is 12.4. The Morgan fingerprint density at radius 2 is 2.18 bits per heavy atom. The molecular weight excluding hydrogens is 284 g/mol. The van der Waals surface area contributed by atoms with Crippen molar-refractivity contribution in [3.63, 3.8) is 0 Å². The minimum Gasteiger partial charge on any atom is -0.507 e. The number of phenols is 1. The first-order valence-corrected chi connectivity index (χ1v) is 6.21. The zero-order valence-corrected chi connectivity index (χ0v) is 11.6. The number of amides is 1. The molecule has 1 aromatic carbocycles. The Hall–Kier alpha value is -1.07. The largest absolute Gasteiger partial charge is 0.507 e. The molecule has 4 nitrogen and oxygen atoms in total. The van der Waals surface area contributed by atoms with E-state index in [1.807, 2.05) is 14.1 Å². The molecule has 1 amide bonds. The van der Waals surface area contributed by atoms with Crippen molar-refractivity contribution in [2.24, 2.45) is 0 Å². The van der Waals surface area contributed by atoms with Crippen LogP contribution in [0.1, 0.15) is 16.8 Å². The highest BCUT2D eigenvalue weighted by Gasteiger charge is 2.10. The Labute approximate surface area is 110 Å². The first-order chi connectivity index (χ1) is 8.00. The molecule has 0 fully saturated rings. The molecule has 0 unspecified atom stereocenters. The van der Waals surface area contributed by atoms with E-state index in [9.17, 15) is 9.90 Å². The lowest BCUT2D eigenvalue weighted by atomic mass is 10.2. The van der Waals surface area contributed by atoms with Crippen LogP contribution in [-0.4, -0.2) is 43.1 Å². The summed E-state index contributed by atoms with van der Waals surface area (Å²) in [5.74, 6) is -0.252. The normalized spacial score (nSPS) is 10.6. The van der Waals surface area contributed by atoms with Crippen LogP contribution in [0.25, 0.3) is 0 Å². The second-order valence-corrected chi connectivity index (χ2v) is 4.99. The average molecular weight is 301 g/mol. The number of hydrogen-bond acceptors (Lipinski definition) is 3. The van der Waals surface area contributed by atoms with Gasteiger partial charge in [-0.1, -0.05) is 15.9 Å². The van der Waals surface area contributed by atoms with E-state index in [2.05, 4.69) is 26.1 Å². The van der Waals surface area contributed by atoms with E-state index in [1.54, 1.807) is 12.1 Å². The third kappa shape index (κ3) is 4.75. The highest BCUT2D eigenvalue weighted by molar-refractivity contribution is 9.10. The Morgan fingerprint density at radius 1 is 1.47 bits per heavy atom. The maximum atomic E-state index is 11.7. The highest BCUT2D eigenvalue weighted by atomic mass is 79.9. The summed E-state index contributed by atoms with van der Waals surface area (Å²) in [7, 11) is 3.98. The monoisotopic (exact) mass is 300 g/mol. The summed E-state index contributed by atoms with van der Waals surface area (Å²) in [6.07, 6.45) is 0.885. The third-order valence-corrected chi connectivity index (χ3v) is 2.77. The summed E-state index contributed by atoms with van der Waals surface area (Å²) in [5.41, 5.74) is 0.304. The van der Waals surface area contributed by atoms with Gasteiger partial charge in [-0.25, -0.2) is 0 Å². The second-order valence-electron chi connectivity index (χ2n) is 4.07. The molecule has 0 radical (unpaired) electrons. The van der Waals surface area contributed by atoms with Crippen molar-refractivity contribution in [2.75, 3.05) is 27.2 Å². The number of nitrogens with zero attached hydrogens (tertiary/aromatic N) is 1. The molecule has 0 saturated heterocycles. The van der Waals surface area contributed by atoms with E-state index in [0.29, 0.717) is 12.1 Å². The molecule has 2 N–H and O–H groups in total. The maximum absolute atomic E-state index is 11.7. The van der Waals surface area contributed by atoms with Gasteiger partial charge in [0.2, 0.25) is 0 Å². The zero-order valence-electron chi connectivity index (χ0n) is 10.0. The fraction of sp³-hybridized carbons (Fsp3) is 0.417. The predicted octanol–water partition coefficient (Wildman–Crippen LogP) is 1.84. The van der Waals surface area contributed by atoms with E-state index < -0.39 is 0 Å². The summed E-state index contributed by atoms with van der Waals surface area (Å²) in [4.78, 5) is 13.8. The smallest absolute Gasteiger partial charge is 0.255 e. The minimum absolute atomic E-state index is 0.00974. The van der Waals surface area contributed by atoms with Gasteiger partial charge in [-0.2, -0.15) is 0 Å². The van der Waals surface area contributed by atoms with Crippen LogP contribution in [0, 0.1) is 0 Å². The minimum atomic E-state index is -0.242. The molecule has 1 aromatic rings. The molecule has 1 rings (SSSR count). The van der Waals surface area contributed by atoms with Gasteiger partial charge in [0.1, 0.15) is 5.75 Å². The molecule has 0 aromatic heterocycles. The Balaban J connectivity index is 2.47. The number of carbonyl (C=O) groups excluding carboxylic acids is 1. The quantitative estimate of drug-likeness (QED) is 0.816. The van der Waals surface area contributed by atoms with Crippen molar-refractivity contribution in [3.8, 4) is 5.75 Å². The summed E-state index contributed by atoms with van der Waals surface area (Å²) >= 11 is 3.23. The number of hydrogen-bond donors (Lipinski definition) is 2. The molecule has 0 aliphatic rings. The molecular formula is C12H17BrN2O2. The van der Waals surface area contributed by atoms with Crippen LogP contribution < -0.4 is 5.32 Å². The number of phenolic OH excluding ortho intramolecular Hbond substituents is 1. The van der Waals surface area contributed by atoms with Gasteiger partial charge >= 0.3 is 0 Å². The number of nitrogens with one attached hydrogen (secondary N) is 1. The number of aromatic hydroxyl groups is 1. The van der Waals surface area contributed by atoms with Crippen LogP contribution >= 0.6 is 15.9 Å². The molecule has 0 aliphatic carbocycles. The van der Waals surface area contributed by atoms with E-state index in [1.165, 1.54) is 6.07 Å². The fourth-order valence-corrected chi connectivity index (χ4v) is 1.74. The van der Waals surface area contributed by atoms with Crippen molar-refractivity contribution in [3.05, 3.63) is 28.2 Å². The zero-order chi connectivity index (χ0) is 12.8. The Morgan fingerprint density at radius 3 is 2.76 bits per heavy atom. The molecule has 0 bridgehead atoms. The lowest BCUT2D eigenvalue weighted by molar-refractivity contribution is 0.0949. The number of benzene rings is 1. The standard InChI is InChI=1S/C12H17BrN2O2/c1-15(2)7-3-6-14-12(17)10-5-4-9(13)8-11(10)16/h4-5,8,16H,3,6-7H2,1-2H3,(H,14,17). The summed E-state index contributed by atoms with van der Waals surface area (Å²) in [6.45, 7) is 1.53. The SMILES string of the molecule is CN(C)CCCNC(=O)c1ccc(Br)cc1O. The number of halogens is 1. The van der Waals surface area contributed by atoms with Gasteiger partial charge in [-0.3, -0.25) is 4.79 Å². The van der Waals surface area contributed by atoms with E-state index in [4.69, 9.17) is 0 Å². The molecule has 0 aliphatic heterocycles. The molecule has 94 valence electrons. The second kappa shape index (κ2) is 6.61. The van der Waals surface area contributed by atoms with Crippen molar-refractivity contribution >= 4 is 21.8 Å². The van der Waals surface area contributed by atoms with Gasteiger partial charge in [0.25, 0.3) is 5.91 Å². The van der Waals surface area contributed by atoms with Crippen molar-refractivity contribution in [1.82, 2.24) is 10.2 Å². The number of carbonyl (C=O) groups is 1. The first-order valence-electron chi connectivity index (χ1n) is 5.42.